The van der Waals surface area contributed by atoms with Crippen LogP contribution in [0.4, 0.5) is 5.69 Å². The predicted molar refractivity (Wildman–Crippen MR) is 112 cm³/mol. The Balaban J connectivity index is 1.84. The highest BCUT2D eigenvalue weighted by atomic mass is 79.9. The van der Waals surface area contributed by atoms with Gasteiger partial charge in [0.15, 0.2) is 11.5 Å². The lowest BCUT2D eigenvalue weighted by Crippen LogP contribution is -2.20. The molecule has 0 radical (unpaired) electrons. The third-order valence-corrected chi connectivity index (χ3v) is 5.43. The van der Waals surface area contributed by atoms with Crippen LogP contribution in [0.2, 0.25) is 0 Å². The maximum absolute atomic E-state index is 12.9. The number of non-ortho nitro benzene ring substituents is 1. The van der Waals surface area contributed by atoms with E-state index < -0.39 is 4.92 Å². The fraction of sp³-hybridized carbons (Fsp3) is 0.200. The summed E-state index contributed by atoms with van der Waals surface area (Å²) in [6, 6.07) is 7.90. The van der Waals surface area contributed by atoms with Gasteiger partial charge in [0.1, 0.15) is 5.82 Å². The number of halogens is 1. The van der Waals surface area contributed by atoms with Crippen molar-refractivity contribution < 1.29 is 14.4 Å². The summed E-state index contributed by atoms with van der Waals surface area (Å²) >= 11 is 3.48. The summed E-state index contributed by atoms with van der Waals surface area (Å²) in [4.78, 5) is 28.0. The van der Waals surface area contributed by atoms with Gasteiger partial charge < -0.3 is 9.47 Å². The molecule has 0 spiro atoms. The van der Waals surface area contributed by atoms with E-state index in [0.717, 1.165) is 15.6 Å². The van der Waals surface area contributed by atoms with Crippen molar-refractivity contribution in [3.05, 3.63) is 66.7 Å². The van der Waals surface area contributed by atoms with Gasteiger partial charge in [-0.2, -0.15) is 0 Å². The second-order valence-electron chi connectivity index (χ2n) is 6.51. The van der Waals surface area contributed by atoms with Crippen LogP contribution in [0, 0.1) is 10.1 Å². The number of nitrogens with zero attached hydrogens (tertiary/aromatic N) is 3. The Kier molecular flexibility index (Phi) is 4.83. The van der Waals surface area contributed by atoms with Crippen molar-refractivity contribution in [2.45, 2.75) is 13.0 Å². The molecule has 3 aromatic rings. The van der Waals surface area contributed by atoms with Crippen molar-refractivity contribution in [1.82, 2.24) is 9.55 Å². The Morgan fingerprint density at radius 3 is 2.72 bits per heavy atom. The molecule has 2 aromatic carbocycles. The highest BCUT2D eigenvalue weighted by Crippen LogP contribution is 2.38. The first-order chi connectivity index (χ1) is 13.9. The molecule has 0 unspecified atom stereocenters. The van der Waals surface area contributed by atoms with Gasteiger partial charge in [0.25, 0.3) is 11.2 Å². The maximum Gasteiger partial charge on any atom is 0.270 e. The lowest BCUT2D eigenvalue weighted by molar-refractivity contribution is -0.384. The average molecular weight is 458 g/mol. The molecule has 0 atom stereocenters. The number of aromatic nitrogens is 2. The maximum atomic E-state index is 12.9. The van der Waals surface area contributed by atoms with E-state index in [1.807, 2.05) is 18.2 Å². The minimum Gasteiger partial charge on any atom is -0.493 e. The molecular weight excluding hydrogens is 442 g/mol. The van der Waals surface area contributed by atoms with E-state index in [9.17, 15) is 14.9 Å². The van der Waals surface area contributed by atoms with Crippen molar-refractivity contribution in [3.63, 3.8) is 0 Å². The van der Waals surface area contributed by atoms with Crippen LogP contribution in [0.5, 0.6) is 11.5 Å². The van der Waals surface area contributed by atoms with Crippen molar-refractivity contribution in [3.8, 4) is 11.5 Å². The summed E-state index contributed by atoms with van der Waals surface area (Å²) in [6.45, 7) is 0.472. The number of ether oxygens (including phenoxy) is 2. The summed E-state index contributed by atoms with van der Waals surface area (Å²) in [7, 11) is 3.14. The molecule has 0 saturated carbocycles. The van der Waals surface area contributed by atoms with Crippen LogP contribution in [0.3, 0.4) is 0 Å². The zero-order valence-electron chi connectivity index (χ0n) is 15.6. The van der Waals surface area contributed by atoms with E-state index >= 15 is 0 Å². The summed E-state index contributed by atoms with van der Waals surface area (Å²) in [5.74, 6) is 1.76. The van der Waals surface area contributed by atoms with E-state index in [2.05, 4.69) is 20.9 Å². The van der Waals surface area contributed by atoms with Crippen molar-refractivity contribution in [2.75, 3.05) is 14.2 Å². The molecule has 8 nitrogen and oxygen atoms in total. The Morgan fingerprint density at radius 1 is 1.24 bits per heavy atom. The van der Waals surface area contributed by atoms with Crippen LogP contribution in [-0.2, 0) is 6.54 Å². The molecular formula is C20H16BrN3O5. The third kappa shape index (κ3) is 3.27. The molecule has 148 valence electrons. The average Bonchev–Trinajstić information content (AvgIpc) is 3.10. The first-order valence-electron chi connectivity index (χ1n) is 8.74. The number of hydrogen-bond donors (Lipinski definition) is 0. The minimum atomic E-state index is -0.517. The molecule has 9 heteroatoms. The number of fused-ring (bicyclic) bond motifs is 2. The van der Waals surface area contributed by atoms with Gasteiger partial charge in [-0.25, -0.2) is 4.98 Å². The molecule has 1 aliphatic heterocycles. The molecule has 0 aliphatic carbocycles. The molecule has 0 fully saturated rings. The molecule has 4 rings (SSSR count). The molecule has 1 aliphatic rings. The van der Waals surface area contributed by atoms with Crippen LogP contribution in [0.25, 0.3) is 22.6 Å². The Hall–Kier alpha value is -3.20. The lowest BCUT2D eigenvalue weighted by Gasteiger charge is -2.11. The van der Waals surface area contributed by atoms with Crippen LogP contribution in [0.15, 0.2) is 39.6 Å². The largest absolute Gasteiger partial charge is 0.493 e. The van der Waals surface area contributed by atoms with Gasteiger partial charge in [-0.15, -0.1) is 0 Å². The topological polar surface area (TPSA) is 96.5 Å². The fourth-order valence-corrected chi connectivity index (χ4v) is 4.10. The number of allylic oxidation sites excluding steroid dienone is 1. The predicted octanol–water partition coefficient (Wildman–Crippen LogP) is 4.03. The number of hydrogen-bond acceptors (Lipinski definition) is 6. The van der Waals surface area contributed by atoms with Gasteiger partial charge in [0.2, 0.25) is 0 Å². The standard InChI is InChI=1S/C20H16BrN3O5/c1-28-17-9-11(8-15(21)18(17)29-2)7-12-5-6-23-19(12)22-16-4-3-13(24(26)27)10-14(16)20(23)25/h3-4,7-10H,5-6H2,1-2H3. The van der Waals surface area contributed by atoms with Crippen LogP contribution in [0.1, 0.15) is 17.8 Å². The van der Waals surface area contributed by atoms with Gasteiger partial charge in [0, 0.05) is 18.7 Å². The number of nitro benzene ring substituents is 1. The lowest BCUT2D eigenvalue weighted by atomic mass is 10.1. The summed E-state index contributed by atoms with van der Waals surface area (Å²) in [6.07, 6.45) is 2.59. The normalized spacial score (nSPS) is 14.2. The SMILES string of the molecule is COc1cc(C=C2CCn3c2nc2ccc([N+](=O)[O-])cc2c3=O)cc(Br)c1OC. The second kappa shape index (κ2) is 7.32. The number of methoxy groups -OCH3 is 2. The highest BCUT2D eigenvalue weighted by Gasteiger charge is 2.22. The van der Waals surface area contributed by atoms with Gasteiger partial charge in [-0.05, 0) is 57.8 Å². The van der Waals surface area contributed by atoms with E-state index in [1.54, 1.807) is 18.8 Å². The zero-order chi connectivity index (χ0) is 20.7. The Bertz CT molecular complexity index is 1250. The minimum absolute atomic E-state index is 0.124. The smallest absolute Gasteiger partial charge is 0.270 e. The van der Waals surface area contributed by atoms with Crippen molar-refractivity contribution in [1.29, 1.82) is 0 Å². The van der Waals surface area contributed by atoms with E-state index in [4.69, 9.17) is 9.47 Å². The second-order valence-corrected chi connectivity index (χ2v) is 7.36. The number of nitro groups is 1. The van der Waals surface area contributed by atoms with Crippen LogP contribution < -0.4 is 15.0 Å². The highest BCUT2D eigenvalue weighted by molar-refractivity contribution is 9.10. The fourth-order valence-electron chi connectivity index (χ4n) is 3.48. The monoisotopic (exact) mass is 457 g/mol. The van der Waals surface area contributed by atoms with E-state index in [-0.39, 0.29) is 16.6 Å². The van der Waals surface area contributed by atoms with Gasteiger partial charge in [0.05, 0.1) is 34.5 Å². The molecule has 2 heterocycles. The molecule has 1 aromatic heterocycles. The summed E-state index contributed by atoms with van der Waals surface area (Å²) in [5, 5.41) is 11.3. The first kappa shape index (κ1) is 19.1. The quantitative estimate of drug-likeness (QED) is 0.433. The van der Waals surface area contributed by atoms with E-state index in [0.29, 0.717) is 35.8 Å². The molecule has 0 bridgehead atoms. The van der Waals surface area contributed by atoms with Crippen LogP contribution in [-0.4, -0.2) is 28.7 Å². The van der Waals surface area contributed by atoms with Crippen molar-refractivity contribution in [2.24, 2.45) is 0 Å². The van der Waals surface area contributed by atoms with Gasteiger partial charge in [-0.3, -0.25) is 19.5 Å². The molecule has 0 saturated heterocycles. The van der Waals surface area contributed by atoms with Gasteiger partial charge in [-0.1, -0.05) is 0 Å². The van der Waals surface area contributed by atoms with Gasteiger partial charge >= 0.3 is 0 Å². The first-order valence-corrected chi connectivity index (χ1v) is 9.53. The molecule has 29 heavy (non-hydrogen) atoms. The summed E-state index contributed by atoms with van der Waals surface area (Å²) < 4.78 is 13.0. The third-order valence-electron chi connectivity index (χ3n) is 4.84. The van der Waals surface area contributed by atoms with Crippen molar-refractivity contribution >= 4 is 44.2 Å². The zero-order valence-corrected chi connectivity index (χ0v) is 17.2. The molecule has 0 N–H and O–H groups in total. The van der Waals surface area contributed by atoms with Crippen LogP contribution >= 0.6 is 15.9 Å². The Morgan fingerprint density at radius 2 is 2.03 bits per heavy atom. The number of benzene rings is 2. The summed E-state index contributed by atoms with van der Waals surface area (Å²) in [5.41, 5.74) is 1.82. The number of rotatable bonds is 4. The van der Waals surface area contributed by atoms with E-state index in [1.165, 1.54) is 18.2 Å². The molecule has 0 amide bonds. The Labute approximate surface area is 173 Å².